The Kier molecular flexibility index (Phi) is 8.00. The standard InChI is InChI=1S/C17H20N2O3.2C2H6.H2/c1-9-5-4-6-12-15(9)10(2)11(3)17(22)19(12)13-7-8-14(20)18-16(13)21;2*1-2;/h4-6,10-11,13H,7-8H2,1-3H3,(H,18,20,21);2*1-2H3;1H. The van der Waals surface area contributed by atoms with Crippen LogP contribution in [0.4, 0.5) is 5.69 Å². The predicted molar refractivity (Wildman–Crippen MR) is 107 cm³/mol. The first-order chi connectivity index (χ1) is 12.4. The smallest absolute Gasteiger partial charge is 0.249 e. The van der Waals surface area contributed by atoms with Crippen LogP contribution in [0.5, 0.6) is 0 Å². The number of hydrogen-bond acceptors (Lipinski definition) is 3. The van der Waals surface area contributed by atoms with Gasteiger partial charge < -0.3 is 0 Å². The van der Waals surface area contributed by atoms with Gasteiger partial charge in [-0.2, -0.15) is 0 Å². The van der Waals surface area contributed by atoms with Gasteiger partial charge in [-0.1, -0.05) is 53.7 Å². The van der Waals surface area contributed by atoms with Crippen molar-refractivity contribution in [3.05, 3.63) is 29.3 Å². The van der Waals surface area contributed by atoms with Crippen LogP contribution in [-0.4, -0.2) is 23.8 Å². The summed E-state index contributed by atoms with van der Waals surface area (Å²) in [7, 11) is 0. The van der Waals surface area contributed by atoms with Crippen molar-refractivity contribution < 1.29 is 15.8 Å². The number of amides is 3. The zero-order valence-corrected chi connectivity index (χ0v) is 17.1. The molecule has 3 rings (SSSR count). The summed E-state index contributed by atoms with van der Waals surface area (Å²) < 4.78 is 0. The molecule has 1 aromatic rings. The molecule has 2 heterocycles. The fourth-order valence-electron chi connectivity index (χ4n) is 3.52. The van der Waals surface area contributed by atoms with Gasteiger partial charge in [0.05, 0.1) is 0 Å². The monoisotopic (exact) mass is 362 g/mol. The summed E-state index contributed by atoms with van der Waals surface area (Å²) in [4.78, 5) is 38.0. The first-order valence-corrected chi connectivity index (χ1v) is 9.68. The van der Waals surface area contributed by atoms with Gasteiger partial charge in [-0.15, -0.1) is 0 Å². The van der Waals surface area contributed by atoms with Gasteiger partial charge >= 0.3 is 0 Å². The lowest BCUT2D eigenvalue weighted by Gasteiger charge is -2.42. The van der Waals surface area contributed by atoms with Gasteiger partial charge in [0.1, 0.15) is 6.04 Å². The predicted octanol–water partition coefficient (Wildman–Crippen LogP) is 4.18. The topological polar surface area (TPSA) is 66.5 Å². The molecule has 1 N–H and O–H groups in total. The Morgan fingerprint density at radius 1 is 1.04 bits per heavy atom. The van der Waals surface area contributed by atoms with Crippen LogP contribution >= 0.6 is 0 Å². The lowest BCUT2D eigenvalue weighted by molar-refractivity contribution is -0.136. The molecule has 0 aliphatic carbocycles. The summed E-state index contributed by atoms with van der Waals surface area (Å²) in [6.45, 7) is 14.0. The maximum Gasteiger partial charge on any atom is 0.249 e. The highest BCUT2D eigenvalue weighted by Gasteiger charge is 2.43. The molecular formula is C21H34N2O3. The SMILES string of the molecule is CC.CC.Cc1cccc2c1C(C)C(C)C(=O)N2C1CCC(=O)NC1=O.[HH]. The van der Waals surface area contributed by atoms with Crippen molar-refractivity contribution in [2.24, 2.45) is 5.92 Å². The Balaban J connectivity index is 0.00000127. The summed E-state index contributed by atoms with van der Waals surface area (Å²) in [5.74, 6) is -0.747. The summed E-state index contributed by atoms with van der Waals surface area (Å²) in [5, 5.41) is 2.35. The number of piperidine rings is 1. The molecule has 2 aliphatic heterocycles. The molecule has 0 saturated carbocycles. The molecule has 2 aliphatic rings. The van der Waals surface area contributed by atoms with Gasteiger partial charge in [-0.25, -0.2) is 0 Å². The second kappa shape index (κ2) is 9.51. The van der Waals surface area contributed by atoms with Crippen LogP contribution < -0.4 is 10.2 Å². The largest absolute Gasteiger partial charge is 0.299 e. The molecular weight excluding hydrogens is 328 g/mol. The zero-order valence-electron chi connectivity index (χ0n) is 17.1. The number of fused-ring (bicyclic) bond motifs is 1. The highest BCUT2D eigenvalue weighted by atomic mass is 16.2. The van der Waals surface area contributed by atoms with E-state index in [1.54, 1.807) is 4.90 Å². The molecule has 1 aromatic carbocycles. The van der Waals surface area contributed by atoms with Crippen molar-refractivity contribution >= 4 is 23.4 Å². The van der Waals surface area contributed by atoms with Crippen LogP contribution in [0, 0.1) is 12.8 Å². The fraction of sp³-hybridized carbons (Fsp3) is 0.571. The molecule has 1 fully saturated rings. The number of aryl methyl sites for hydroxylation is 1. The number of benzene rings is 1. The lowest BCUT2D eigenvalue weighted by atomic mass is 9.80. The molecule has 1 saturated heterocycles. The molecule has 0 bridgehead atoms. The van der Waals surface area contributed by atoms with Crippen LogP contribution in [0.15, 0.2) is 18.2 Å². The van der Waals surface area contributed by atoms with E-state index in [4.69, 9.17) is 0 Å². The van der Waals surface area contributed by atoms with E-state index in [-0.39, 0.29) is 37.4 Å². The Hall–Kier alpha value is -2.17. The Labute approximate surface area is 158 Å². The fourth-order valence-corrected chi connectivity index (χ4v) is 3.52. The molecule has 0 radical (unpaired) electrons. The molecule has 26 heavy (non-hydrogen) atoms. The van der Waals surface area contributed by atoms with E-state index < -0.39 is 6.04 Å². The number of hydrogen-bond donors (Lipinski definition) is 1. The van der Waals surface area contributed by atoms with E-state index in [1.165, 1.54) is 0 Å². The molecule has 3 atom stereocenters. The number of carbonyl (C=O) groups is 3. The third kappa shape index (κ3) is 3.97. The zero-order chi connectivity index (χ0) is 20.0. The van der Waals surface area contributed by atoms with Crippen molar-refractivity contribution in [3.63, 3.8) is 0 Å². The van der Waals surface area contributed by atoms with Crippen molar-refractivity contribution in [2.45, 2.75) is 73.3 Å². The van der Waals surface area contributed by atoms with E-state index in [1.807, 2.05) is 59.7 Å². The van der Waals surface area contributed by atoms with Gasteiger partial charge in [-0.3, -0.25) is 24.6 Å². The van der Waals surface area contributed by atoms with Gasteiger partial charge in [0.15, 0.2) is 0 Å². The average Bonchev–Trinajstić information content (AvgIpc) is 2.65. The number of rotatable bonds is 1. The highest BCUT2D eigenvalue weighted by molar-refractivity contribution is 6.09. The minimum absolute atomic E-state index is 0. The minimum atomic E-state index is -0.597. The van der Waals surface area contributed by atoms with Crippen LogP contribution in [0.25, 0.3) is 0 Å². The number of carbonyl (C=O) groups excluding carboxylic acids is 3. The number of nitrogens with zero attached hydrogens (tertiary/aromatic N) is 1. The van der Waals surface area contributed by atoms with Gasteiger partial charge in [0.25, 0.3) is 0 Å². The minimum Gasteiger partial charge on any atom is -0.299 e. The normalized spacial score (nSPS) is 24.5. The third-order valence-corrected chi connectivity index (χ3v) is 4.91. The lowest BCUT2D eigenvalue weighted by Crippen LogP contribution is -2.57. The van der Waals surface area contributed by atoms with Crippen molar-refractivity contribution in [3.8, 4) is 0 Å². The molecule has 146 valence electrons. The van der Waals surface area contributed by atoms with Crippen molar-refractivity contribution in [2.75, 3.05) is 4.90 Å². The Morgan fingerprint density at radius 2 is 1.65 bits per heavy atom. The van der Waals surface area contributed by atoms with E-state index in [0.29, 0.717) is 6.42 Å². The summed E-state index contributed by atoms with van der Waals surface area (Å²) in [6, 6.07) is 5.23. The van der Waals surface area contributed by atoms with Crippen LogP contribution in [0.2, 0.25) is 0 Å². The Morgan fingerprint density at radius 3 is 2.23 bits per heavy atom. The van der Waals surface area contributed by atoms with Crippen LogP contribution in [0.1, 0.15) is 72.9 Å². The second-order valence-corrected chi connectivity index (χ2v) is 6.26. The molecule has 5 heteroatoms. The van der Waals surface area contributed by atoms with E-state index >= 15 is 0 Å². The molecule has 0 spiro atoms. The van der Waals surface area contributed by atoms with Crippen molar-refractivity contribution in [1.82, 2.24) is 5.32 Å². The van der Waals surface area contributed by atoms with Gasteiger partial charge in [-0.05, 0) is 36.5 Å². The van der Waals surface area contributed by atoms with Crippen LogP contribution in [-0.2, 0) is 14.4 Å². The van der Waals surface area contributed by atoms with Crippen LogP contribution in [0.3, 0.4) is 0 Å². The quantitative estimate of drug-likeness (QED) is 0.762. The van der Waals surface area contributed by atoms with Gasteiger partial charge in [0.2, 0.25) is 17.7 Å². The average molecular weight is 363 g/mol. The third-order valence-electron chi connectivity index (χ3n) is 4.91. The highest BCUT2D eigenvalue weighted by Crippen LogP contribution is 2.42. The van der Waals surface area contributed by atoms with E-state index in [0.717, 1.165) is 16.8 Å². The maximum atomic E-state index is 12.8. The Bertz CT molecular complexity index is 675. The number of imide groups is 1. The molecule has 3 unspecified atom stereocenters. The summed E-state index contributed by atoms with van der Waals surface area (Å²) in [6.07, 6.45) is 0.649. The first-order valence-electron chi connectivity index (χ1n) is 9.68. The molecule has 5 nitrogen and oxygen atoms in total. The van der Waals surface area contributed by atoms with Crippen molar-refractivity contribution in [1.29, 1.82) is 0 Å². The maximum absolute atomic E-state index is 12.8. The molecule has 3 amide bonds. The van der Waals surface area contributed by atoms with Gasteiger partial charge in [0, 0.05) is 19.5 Å². The summed E-state index contributed by atoms with van der Waals surface area (Å²) >= 11 is 0. The van der Waals surface area contributed by atoms with E-state index in [2.05, 4.69) is 12.2 Å². The first kappa shape index (κ1) is 21.9. The summed E-state index contributed by atoms with van der Waals surface area (Å²) in [5.41, 5.74) is 3.06. The number of nitrogens with one attached hydrogen (secondary N) is 1. The van der Waals surface area contributed by atoms with E-state index in [9.17, 15) is 14.4 Å². The second-order valence-electron chi connectivity index (χ2n) is 6.26. The molecule has 0 aromatic heterocycles. The number of anilines is 1.